The van der Waals surface area contributed by atoms with Gasteiger partial charge in [-0.25, -0.2) is 0 Å². The van der Waals surface area contributed by atoms with Crippen LogP contribution in [0.5, 0.6) is 0 Å². The van der Waals surface area contributed by atoms with Gasteiger partial charge in [0.15, 0.2) is 0 Å². The van der Waals surface area contributed by atoms with Crippen molar-refractivity contribution in [3.8, 4) is 0 Å². The van der Waals surface area contributed by atoms with Gasteiger partial charge in [0.25, 0.3) is 0 Å². The Balaban J connectivity index is 1.83. The van der Waals surface area contributed by atoms with Crippen LogP contribution in [0.4, 0.5) is 0 Å². The maximum Gasteiger partial charge on any atom is 0.0108 e. The molecule has 2 rings (SSSR count). The van der Waals surface area contributed by atoms with Crippen molar-refractivity contribution in [2.24, 2.45) is 11.8 Å². The van der Waals surface area contributed by atoms with E-state index in [1.54, 1.807) is 0 Å². The normalized spacial score (nSPS) is 36.4. The molecule has 0 saturated carbocycles. The van der Waals surface area contributed by atoms with Crippen molar-refractivity contribution >= 4 is 0 Å². The summed E-state index contributed by atoms with van der Waals surface area (Å²) in [5.74, 6) is 1.89. The molecule has 82 valence electrons. The van der Waals surface area contributed by atoms with Gasteiger partial charge in [-0.2, -0.15) is 0 Å². The van der Waals surface area contributed by atoms with Crippen LogP contribution in [0.2, 0.25) is 0 Å². The topological polar surface area (TPSA) is 15.3 Å². The first-order valence-corrected chi connectivity index (χ1v) is 6.26. The minimum atomic E-state index is 0.807. The molecular weight excluding hydrogens is 172 g/mol. The molecule has 2 heterocycles. The zero-order chi connectivity index (χ0) is 9.97. The Kier molecular flexibility index (Phi) is 3.45. The molecule has 0 amide bonds. The highest BCUT2D eigenvalue weighted by Crippen LogP contribution is 2.26. The van der Waals surface area contributed by atoms with Crippen molar-refractivity contribution in [3.63, 3.8) is 0 Å². The highest BCUT2D eigenvalue weighted by atomic mass is 15.2. The van der Waals surface area contributed by atoms with Crippen LogP contribution in [-0.4, -0.2) is 37.1 Å². The molecule has 1 N–H and O–H groups in total. The van der Waals surface area contributed by atoms with Crippen LogP contribution in [0.25, 0.3) is 0 Å². The predicted molar refractivity (Wildman–Crippen MR) is 60.4 cm³/mol. The third-order valence-electron chi connectivity index (χ3n) is 4.25. The van der Waals surface area contributed by atoms with E-state index < -0.39 is 0 Å². The molecule has 0 aromatic rings. The van der Waals surface area contributed by atoms with Crippen LogP contribution in [0, 0.1) is 11.8 Å². The molecule has 2 saturated heterocycles. The largest absolute Gasteiger partial charge is 0.316 e. The second kappa shape index (κ2) is 4.63. The molecule has 0 aromatic heterocycles. The highest BCUT2D eigenvalue weighted by molar-refractivity contribution is 4.86. The molecule has 0 aliphatic carbocycles. The average Bonchev–Trinajstić information content (AvgIpc) is 2.88. The van der Waals surface area contributed by atoms with Crippen LogP contribution in [0.15, 0.2) is 0 Å². The third-order valence-corrected chi connectivity index (χ3v) is 4.25. The van der Waals surface area contributed by atoms with E-state index in [0.29, 0.717) is 0 Å². The van der Waals surface area contributed by atoms with Crippen LogP contribution in [0.1, 0.15) is 33.1 Å². The summed E-state index contributed by atoms with van der Waals surface area (Å²) in [6.07, 6.45) is 4.18. The van der Waals surface area contributed by atoms with Crippen molar-refractivity contribution in [3.05, 3.63) is 0 Å². The minimum absolute atomic E-state index is 0.807. The third kappa shape index (κ3) is 2.12. The number of hydrogen-bond acceptors (Lipinski definition) is 2. The number of rotatable bonds is 3. The predicted octanol–water partition coefficient (Wildman–Crippen LogP) is 1.72. The molecule has 2 nitrogen and oxygen atoms in total. The van der Waals surface area contributed by atoms with Crippen LogP contribution in [0.3, 0.4) is 0 Å². The van der Waals surface area contributed by atoms with Gasteiger partial charge in [0.05, 0.1) is 0 Å². The molecule has 2 aliphatic heterocycles. The monoisotopic (exact) mass is 196 g/mol. The van der Waals surface area contributed by atoms with Crippen molar-refractivity contribution < 1.29 is 0 Å². The first-order valence-electron chi connectivity index (χ1n) is 6.26. The first kappa shape index (κ1) is 10.4. The van der Waals surface area contributed by atoms with E-state index in [1.807, 2.05) is 0 Å². The van der Waals surface area contributed by atoms with Crippen molar-refractivity contribution in [2.45, 2.75) is 39.2 Å². The highest BCUT2D eigenvalue weighted by Gasteiger charge is 2.30. The molecule has 2 heteroatoms. The second-order valence-electron chi connectivity index (χ2n) is 5.05. The summed E-state index contributed by atoms with van der Waals surface area (Å²) >= 11 is 0. The SMILES string of the molecule is CCC1CCN(C(C)C2CCNC2)C1. The molecule has 3 unspecified atom stereocenters. The summed E-state index contributed by atoms with van der Waals surface area (Å²) in [4.78, 5) is 2.71. The lowest BCUT2D eigenvalue weighted by Crippen LogP contribution is -2.37. The van der Waals surface area contributed by atoms with E-state index >= 15 is 0 Å². The van der Waals surface area contributed by atoms with Crippen LogP contribution in [-0.2, 0) is 0 Å². The lowest BCUT2D eigenvalue weighted by atomic mass is 9.99. The zero-order valence-corrected chi connectivity index (χ0v) is 9.63. The van der Waals surface area contributed by atoms with E-state index in [9.17, 15) is 0 Å². The maximum absolute atomic E-state index is 3.48. The number of nitrogens with one attached hydrogen (secondary N) is 1. The van der Waals surface area contributed by atoms with Gasteiger partial charge in [-0.3, -0.25) is 0 Å². The summed E-state index contributed by atoms with van der Waals surface area (Å²) < 4.78 is 0. The molecule has 2 aliphatic rings. The van der Waals surface area contributed by atoms with Crippen LogP contribution < -0.4 is 5.32 Å². The molecule has 14 heavy (non-hydrogen) atoms. The Labute approximate surface area is 88.1 Å². The van der Waals surface area contributed by atoms with Gasteiger partial charge in [-0.15, -0.1) is 0 Å². The Bertz CT molecular complexity index is 175. The Hall–Kier alpha value is -0.0800. The Morgan fingerprint density at radius 2 is 2.29 bits per heavy atom. The molecule has 0 aromatic carbocycles. The van der Waals surface area contributed by atoms with Crippen LogP contribution >= 0.6 is 0 Å². The van der Waals surface area contributed by atoms with E-state index in [0.717, 1.165) is 17.9 Å². The van der Waals surface area contributed by atoms with E-state index in [4.69, 9.17) is 0 Å². The van der Waals surface area contributed by atoms with E-state index in [-0.39, 0.29) is 0 Å². The van der Waals surface area contributed by atoms with Gasteiger partial charge in [-0.05, 0) is 51.2 Å². The molecule has 2 fully saturated rings. The fraction of sp³-hybridized carbons (Fsp3) is 1.00. The van der Waals surface area contributed by atoms with Gasteiger partial charge in [0, 0.05) is 12.6 Å². The number of likely N-dealkylation sites (tertiary alicyclic amines) is 1. The molecule has 0 bridgehead atoms. The van der Waals surface area contributed by atoms with Gasteiger partial charge < -0.3 is 10.2 Å². The van der Waals surface area contributed by atoms with Crippen molar-refractivity contribution in [2.75, 3.05) is 26.2 Å². The van der Waals surface area contributed by atoms with E-state index in [2.05, 4.69) is 24.1 Å². The lowest BCUT2D eigenvalue weighted by molar-refractivity contribution is 0.191. The molecule has 3 atom stereocenters. The summed E-state index contributed by atoms with van der Waals surface area (Å²) in [5, 5.41) is 3.48. The van der Waals surface area contributed by atoms with Gasteiger partial charge >= 0.3 is 0 Å². The molecule has 0 spiro atoms. The Morgan fingerprint density at radius 1 is 1.43 bits per heavy atom. The van der Waals surface area contributed by atoms with Gasteiger partial charge in [-0.1, -0.05) is 13.3 Å². The fourth-order valence-electron chi connectivity index (χ4n) is 2.95. The number of hydrogen-bond donors (Lipinski definition) is 1. The zero-order valence-electron chi connectivity index (χ0n) is 9.63. The summed E-state index contributed by atoms with van der Waals surface area (Å²) in [6.45, 7) is 9.94. The smallest absolute Gasteiger partial charge is 0.0108 e. The second-order valence-corrected chi connectivity index (χ2v) is 5.05. The maximum atomic E-state index is 3.48. The summed E-state index contributed by atoms with van der Waals surface area (Å²) in [5.41, 5.74) is 0. The van der Waals surface area contributed by atoms with Crippen molar-refractivity contribution in [1.82, 2.24) is 10.2 Å². The number of nitrogens with zero attached hydrogens (tertiary/aromatic N) is 1. The van der Waals surface area contributed by atoms with Crippen molar-refractivity contribution in [1.29, 1.82) is 0 Å². The molecule has 0 radical (unpaired) electrons. The average molecular weight is 196 g/mol. The first-order chi connectivity index (χ1) is 6.81. The summed E-state index contributed by atoms with van der Waals surface area (Å²) in [6, 6.07) is 0.807. The van der Waals surface area contributed by atoms with E-state index in [1.165, 1.54) is 45.4 Å². The van der Waals surface area contributed by atoms with Gasteiger partial charge in [0.1, 0.15) is 0 Å². The fourth-order valence-corrected chi connectivity index (χ4v) is 2.95. The lowest BCUT2D eigenvalue weighted by Gasteiger charge is -2.29. The Morgan fingerprint density at radius 3 is 2.86 bits per heavy atom. The minimum Gasteiger partial charge on any atom is -0.316 e. The molecular formula is C12H24N2. The standard InChI is InChI=1S/C12H24N2/c1-3-11-5-7-14(9-11)10(2)12-4-6-13-8-12/h10-13H,3-9H2,1-2H3. The quantitative estimate of drug-likeness (QED) is 0.739. The summed E-state index contributed by atoms with van der Waals surface area (Å²) in [7, 11) is 0. The van der Waals surface area contributed by atoms with Gasteiger partial charge in [0.2, 0.25) is 0 Å².